The van der Waals surface area contributed by atoms with Crippen LogP contribution in [0.1, 0.15) is 24.1 Å². The highest BCUT2D eigenvalue weighted by molar-refractivity contribution is 5.17. The van der Waals surface area contributed by atoms with Gasteiger partial charge in [0.2, 0.25) is 0 Å². The summed E-state index contributed by atoms with van der Waals surface area (Å²) in [5.74, 6) is 0. The van der Waals surface area contributed by atoms with E-state index in [0.717, 1.165) is 19.8 Å². The summed E-state index contributed by atoms with van der Waals surface area (Å²) in [6, 6.07) is 4.17. The number of hydrogen-bond acceptors (Lipinski definition) is 4. The number of piperidine rings is 1. The van der Waals surface area contributed by atoms with E-state index in [1.54, 1.807) is 0 Å². The summed E-state index contributed by atoms with van der Waals surface area (Å²) in [5.41, 5.74) is 2.95. The molecule has 4 nitrogen and oxygen atoms in total. The Hall–Kier alpha value is -0.970. The first-order valence-electron chi connectivity index (χ1n) is 7.24. The number of likely N-dealkylation sites (tertiary alicyclic amines) is 1. The summed E-state index contributed by atoms with van der Waals surface area (Å²) in [4.78, 5) is 9.56. The molecule has 4 heteroatoms. The Kier molecular flexibility index (Phi) is 3.56. The van der Waals surface area contributed by atoms with Gasteiger partial charge in [-0.15, -0.1) is 0 Å². The highest BCUT2D eigenvalue weighted by Gasteiger charge is 2.40. The molecule has 2 aliphatic rings. The van der Waals surface area contributed by atoms with Crippen LogP contribution in [0.4, 0.5) is 0 Å². The van der Waals surface area contributed by atoms with Gasteiger partial charge in [-0.05, 0) is 38.4 Å². The van der Waals surface area contributed by atoms with Crippen LogP contribution in [0, 0.1) is 6.92 Å². The minimum absolute atomic E-state index is 0.412. The summed E-state index contributed by atoms with van der Waals surface area (Å²) >= 11 is 0. The molecule has 3 heterocycles. The summed E-state index contributed by atoms with van der Waals surface area (Å²) < 4.78 is 0. The van der Waals surface area contributed by atoms with Crippen molar-refractivity contribution in [3.8, 4) is 0 Å². The van der Waals surface area contributed by atoms with Crippen LogP contribution in [0.3, 0.4) is 0 Å². The predicted octanol–water partition coefficient (Wildman–Crippen LogP) is 1.22. The molecule has 19 heavy (non-hydrogen) atoms. The molecule has 0 aromatic carbocycles. The Labute approximate surface area is 115 Å². The number of likely N-dealkylation sites (N-methyl/N-ethyl adjacent to an activating group) is 1. The molecular formula is C15H24N4. The topological polar surface area (TPSA) is 31.4 Å². The third kappa shape index (κ3) is 2.53. The van der Waals surface area contributed by atoms with Crippen LogP contribution in [0.5, 0.6) is 0 Å². The lowest BCUT2D eigenvalue weighted by molar-refractivity contribution is 0.0748. The zero-order valence-corrected chi connectivity index (χ0v) is 12.0. The van der Waals surface area contributed by atoms with E-state index in [4.69, 9.17) is 0 Å². The molecule has 0 atom stereocenters. The predicted molar refractivity (Wildman–Crippen MR) is 76.8 cm³/mol. The third-order valence-electron chi connectivity index (χ3n) is 4.89. The Morgan fingerprint density at radius 2 is 2.16 bits per heavy atom. The lowest BCUT2D eigenvalue weighted by Crippen LogP contribution is -2.52. The van der Waals surface area contributed by atoms with Gasteiger partial charge in [0.25, 0.3) is 0 Å². The Morgan fingerprint density at radius 3 is 2.79 bits per heavy atom. The molecular weight excluding hydrogens is 236 g/mol. The van der Waals surface area contributed by atoms with Gasteiger partial charge in [-0.2, -0.15) is 0 Å². The third-order valence-corrected chi connectivity index (χ3v) is 4.89. The van der Waals surface area contributed by atoms with E-state index in [2.05, 4.69) is 40.1 Å². The van der Waals surface area contributed by atoms with Crippen LogP contribution in [-0.2, 0) is 6.54 Å². The molecule has 2 aliphatic heterocycles. The Morgan fingerprint density at radius 1 is 1.37 bits per heavy atom. The average molecular weight is 260 g/mol. The maximum absolute atomic E-state index is 4.51. The van der Waals surface area contributed by atoms with Crippen LogP contribution in [-0.4, -0.2) is 53.7 Å². The lowest BCUT2D eigenvalue weighted by Gasteiger charge is -2.42. The summed E-state index contributed by atoms with van der Waals surface area (Å²) in [5, 5.41) is 3.50. The SMILES string of the molecule is Cc1cccnc1CN1CCC2(CC1)CNCN2C. The molecule has 0 aliphatic carbocycles. The fourth-order valence-corrected chi connectivity index (χ4v) is 3.34. The van der Waals surface area contributed by atoms with E-state index in [1.165, 1.54) is 37.2 Å². The first-order chi connectivity index (χ1) is 9.20. The second kappa shape index (κ2) is 5.19. The first-order valence-corrected chi connectivity index (χ1v) is 7.24. The fourth-order valence-electron chi connectivity index (χ4n) is 3.34. The maximum Gasteiger partial charge on any atom is 0.0573 e. The van der Waals surface area contributed by atoms with Gasteiger partial charge >= 0.3 is 0 Å². The van der Waals surface area contributed by atoms with Crippen molar-refractivity contribution in [1.29, 1.82) is 0 Å². The lowest BCUT2D eigenvalue weighted by atomic mass is 9.87. The molecule has 2 fully saturated rings. The van der Waals surface area contributed by atoms with E-state index in [9.17, 15) is 0 Å². The van der Waals surface area contributed by atoms with E-state index in [0.29, 0.717) is 5.54 Å². The molecule has 0 amide bonds. The van der Waals surface area contributed by atoms with Gasteiger partial charge in [0.1, 0.15) is 0 Å². The molecule has 0 radical (unpaired) electrons. The van der Waals surface area contributed by atoms with Crippen LogP contribution >= 0.6 is 0 Å². The number of hydrogen-bond donors (Lipinski definition) is 1. The molecule has 0 unspecified atom stereocenters. The van der Waals surface area contributed by atoms with Crippen molar-refractivity contribution in [2.75, 3.05) is 33.4 Å². The first kappa shape index (κ1) is 13.0. The van der Waals surface area contributed by atoms with Gasteiger partial charge in [-0.3, -0.25) is 14.8 Å². The standard InChI is InChI=1S/C15H24N4/c1-13-4-3-7-17-14(13)10-19-8-5-15(6-9-19)11-16-12-18(15)2/h3-4,7,16H,5-6,8-12H2,1-2H3. The number of rotatable bonds is 2. The molecule has 0 bridgehead atoms. The minimum Gasteiger partial charge on any atom is -0.302 e. The van der Waals surface area contributed by atoms with E-state index in [1.807, 2.05) is 12.3 Å². The number of pyridine rings is 1. The van der Waals surface area contributed by atoms with Gasteiger partial charge in [0.05, 0.1) is 5.69 Å². The van der Waals surface area contributed by atoms with Gasteiger partial charge in [0.15, 0.2) is 0 Å². The van der Waals surface area contributed by atoms with Gasteiger partial charge in [-0.1, -0.05) is 6.07 Å². The molecule has 0 saturated carbocycles. The average Bonchev–Trinajstić information content (AvgIpc) is 2.77. The molecule has 1 aromatic rings. The summed E-state index contributed by atoms with van der Waals surface area (Å²) in [7, 11) is 2.25. The molecule has 1 aromatic heterocycles. The quantitative estimate of drug-likeness (QED) is 0.866. The molecule has 3 rings (SSSR count). The minimum atomic E-state index is 0.412. The molecule has 1 spiro atoms. The Bertz CT molecular complexity index is 438. The Balaban J connectivity index is 1.60. The van der Waals surface area contributed by atoms with Gasteiger partial charge < -0.3 is 5.32 Å². The zero-order chi connectivity index (χ0) is 13.3. The summed E-state index contributed by atoms with van der Waals surface area (Å²) in [6.45, 7) is 7.71. The second-order valence-corrected chi connectivity index (χ2v) is 6.05. The van der Waals surface area contributed by atoms with Crippen molar-refractivity contribution < 1.29 is 0 Å². The highest BCUT2D eigenvalue weighted by atomic mass is 15.3. The van der Waals surface area contributed by atoms with Crippen LogP contribution in [0.25, 0.3) is 0 Å². The van der Waals surface area contributed by atoms with Gasteiger partial charge in [-0.25, -0.2) is 0 Å². The number of aryl methyl sites for hydroxylation is 1. The zero-order valence-electron chi connectivity index (χ0n) is 12.0. The van der Waals surface area contributed by atoms with Crippen molar-refractivity contribution in [1.82, 2.24) is 20.1 Å². The smallest absolute Gasteiger partial charge is 0.0573 e. The van der Waals surface area contributed by atoms with Gasteiger partial charge in [0, 0.05) is 44.6 Å². The van der Waals surface area contributed by atoms with Crippen molar-refractivity contribution in [3.63, 3.8) is 0 Å². The summed E-state index contributed by atoms with van der Waals surface area (Å²) in [6.07, 6.45) is 4.44. The largest absolute Gasteiger partial charge is 0.302 e. The molecule has 2 saturated heterocycles. The monoisotopic (exact) mass is 260 g/mol. The van der Waals surface area contributed by atoms with E-state index >= 15 is 0 Å². The van der Waals surface area contributed by atoms with Crippen molar-refractivity contribution in [2.45, 2.75) is 31.8 Å². The van der Waals surface area contributed by atoms with Crippen LogP contribution in [0.2, 0.25) is 0 Å². The number of nitrogens with one attached hydrogen (secondary N) is 1. The maximum atomic E-state index is 4.51. The van der Waals surface area contributed by atoms with Crippen LogP contribution in [0.15, 0.2) is 18.3 Å². The van der Waals surface area contributed by atoms with E-state index < -0.39 is 0 Å². The van der Waals surface area contributed by atoms with E-state index in [-0.39, 0.29) is 0 Å². The highest BCUT2D eigenvalue weighted by Crippen LogP contribution is 2.30. The van der Waals surface area contributed by atoms with Crippen molar-refractivity contribution in [2.24, 2.45) is 0 Å². The number of aromatic nitrogens is 1. The second-order valence-electron chi connectivity index (χ2n) is 6.05. The van der Waals surface area contributed by atoms with Crippen molar-refractivity contribution >= 4 is 0 Å². The normalized spacial score (nSPS) is 24.1. The fraction of sp³-hybridized carbons (Fsp3) is 0.667. The number of nitrogens with zero attached hydrogens (tertiary/aromatic N) is 3. The van der Waals surface area contributed by atoms with Crippen molar-refractivity contribution in [3.05, 3.63) is 29.6 Å². The van der Waals surface area contributed by atoms with Crippen LogP contribution < -0.4 is 5.32 Å². The molecule has 1 N–H and O–H groups in total. The molecule has 104 valence electrons.